The number of non-ortho nitro benzene ring substituents is 1. The summed E-state index contributed by atoms with van der Waals surface area (Å²) in [7, 11) is 0. The van der Waals surface area contributed by atoms with E-state index in [2.05, 4.69) is 5.92 Å². The van der Waals surface area contributed by atoms with Gasteiger partial charge in [-0.1, -0.05) is 5.92 Å². The van der Waals surface area contributed by atoms with Crippen molar-refractivity contribution >= 4 is 11.4 Å². The Balaban J connectivity index is 3.16. The van der Waals surface area contributed by atoms with Crippen LogP contribution in [0.2, 0.25) is 0 Å². The highest BCUT2D eigenvalue weighted by Gasteiger charge is 2.13. The number of aliphatic hydroxyl groups is 1. The maximum atomic E-state index is 10.6. The van der Waals surface area contributed by atoms with E-state index >= 15 is 0 Å². The smallest absolute Gasteiger partial charge is 0.269 e. The molecule has 1 aromatic carbocycles. The minimum Gasteiger partial charge on any atom is -0.392 e. The second kappa shape index (κ2) is 5.87. The van der Waals surface area contributed by atoms with Crippen LogP contribution in [-0.4, -0.2) is 23.1 Å². The second-order valence-electron chi connectivity index (χ2n) is 3.45. The molecule has 0 saturated carbocycles. The lowest BCUT2D eigenvalue weighted by atomic mass is 10.1. The van der Waals surface area contributed by atoms with Crippen molar-refractivity contribution in [3.05, 3.63) is 33.9 Å². The molecular weight excluding hydrogens is 220 g/mol. The minimum absolute atomic E-state index is 0.0328. The van der Waals surface area contributed by atoms with Crippen molar-refractivity contribution in [1.82, 2.24) is 0 Å². The van der Waals surface area contributed by atoms with Crippen LogP contribution >= 0.6 is 0 Å². The molecule has 0 amide bonds. The van der Waals surface area contributed by atoms with Crippen LogP contribution in [0.25, 0.3) is 0 Å². The molecule has 90 valence electrons. The number of rotatable bonds is 5. The topological polar surface area (TPSA) is 66.6 Å². The number of nitro benzene ring substituents is 1. The highest BCUT2D eigenvalue weighted by molar-refractivity contribution is 5.58. The molecule has 1 N–H and O–H groups in total. The first kappa shape index (κ1) is 13.0. The third kappa shape index (κ3) is 2.95. The van der Waals surface area contributed by atoms with Gasteiger partial charge < -0.3 is 10.0 Å². The van der Waals surface area contributed by atoms with Crippen LogP contribution in [0.15, 0.2) is 18.2 Å². The van der Waals surface area contributed by atoms with Gasteiger partial charge in [-0.3, -0.25) is 10.1 Å². The monoisotopic (exact) mass is 234 g/mol. The highest BCUT2D eigenvalue weighted by atomic mass is 16.6. The van der Waals surface area contributed by atoms with E-state index in [0.717, 1.165) is 5.69 Å². The summed E-state index contributed by atoms with van der Waals surface area (Å²) < 4.78 is 0. The summed E-state index contributed by atoms with van der Waals surface area (Å²) in [5.41, 5.74) is 1.21. The third-order valence-electron chi connectivity index (χ3n) is 2.45. The van der Waals surface area contributed by atoms with Crippen LogP contribution in [0, 0.1) is 22.5 Å². The standard InChI is InChI=1S/C12H14N2O3/c1-3-7-13(4-2)12-6-5-11(14(16)17)8-10(12)9-15/h1,5-6,8,15H,4,7,9H2,2H3. The fourth-order valence-electron chi connectivity index (χ4n) is 1.60. The Morgan fingerprint density at radius 1 is 1.59 bits per heavy atom. The summed E-state index contributed by atoms with van der Waals surface area (Å²) in [5, 5.41) is 19.9. The molecule has 0 unspecified atom stereocenters. The average Bonchev–Trinajstić information content (AvgIpc) is 2.35. The van der Waals surface area contributed by atoms with Gasteiger partial charge in [-0.05, 0) is 13.0 Å². The number of benzene rings is 1. The maximum Gasteiger partial charge on any atom is 0.269 e. The zero-order chi connectivity index (χ0) is 12.8. The number of terminal acetylenes is 1. The molecule has 0 atom stereocenters. The van der Waals surface area contributed by atoms with Gasteiger partial charge >= 0.3 is 0 Å². The van der Waals surface area contributed by atoms with E-state index in [1.807, 2.05) is 11.8 Å². The molecular formula is C12H14N2O3. The van der Waals surface area contributed by atoms with Crippen LogP contribution in [0.3, 0.4) is 0 Å². The molecule has 0 saturated heterocycles. The second-order valence-corrected chi connectivity index (χ2v) is 3.45. The molecule has 0 aliphatic carbocycles. The van der Waals surface area contributed by atoms with Crippen molar-refractivity contribution < 1.29 is 10.0 Å². The van der Waals surface area contributed by atoms with Crippen LogP contribution in [0.1, 0.15) is 12.5 Å². The Bertz CT molecular complexity index is 452. The molecule has 0 aromatic heterocycles. The van der Waals surface area contributed by atoms with E-state index in [1.165, 1.54) is 12.1 Å². The van der Waals surface area contributed by atoms with Gasteiger partial charge in [-0.25, -0.2) is 0 Å². The van der Waals surface area contributed by atoms with Crippen LogP contribution in [0.4, 0.5) is 11.4 Å². The quantitative estimate of drug-likeness (QED) is 0.477. The van der Waals surface area contributed by atoms with Gasteiger partial charge in [0.15, 0.2) is 0 Å². The fraction of sp³-hybridized carbons (Fsp3) is 0.333. The molecule has 17 heavy (non-hydrogen) atoms. The first-order valence-corrected chi connectivity index (χ1v) is 5.20. The summed E-state index contributed by atoms with van der Waals surface area (Å²) in [4.78, 5) is 12.0. The van der Waals surface area contributed by atoms with Crippen LogP contribution in [-0.2, 0) is 6.61 Å². The summed E-state index contributed by atoms with van der Waals surface area (Å²) in [6, 6.07) is 4.40. The van der Waals surface area contributed by atoms with Gasteiger partial charge in [0.05, 0.1) is 18.1 Å². The zero-order valence-electron chi connectivity index (χ0n) is 9.59. The van der Waals surface area contributed by atoms with Gasteiger partial charge in [0.2, 0.25) is 0 Å². The first-order valence-electron chi connectivity index (χ1n) is 5.20. The summed E-state index contributed by atoms with van der Waals surface area (Å²) in [6.45, 7) is 2.76. The molecule has 0 radical (unpaired) electrons. The predicted molar refractivity (Wildman–Crippen MR) is 65.7 cm³/mol. The van der Waals surface area contributed by atoms with E-state index in [1.54, 1.807) is 6.07 Å². The first-order chi connectivity index (χ1) is 8.13. The minimum atomic E-state index is -0.486. The van der Waals surface area contributed by atoms with Crippen molar-refractivity contribution in [2.75, 3.05) is 18.0 Å². The molecule has 5 heteroatoms. The summed E-state index contributed by atoms with van der Waals surface area (Å²) in [5.74, 6) is 2.52. The van der Waals surface area contributed by atoms with Crippen LogP contribution < -0.4 is 4.90 Å². The predicted octanol–water partition coefficient (Wildman–Crippen LogP) is 1.55. The molecule has 0 aliphatic rings. The SMILES string of the molecule is C#CCN(CC)c1ccc([N+](=O)[O-])cc1CO. The van der Waals surface area contributed by atoms with Crippen molar-refractivity contribution in [3.63, 3.8) is 0 Å². The lowest BCUT2D eigenvalue weighted by Crippen LogP contribution is -2.24. The maximum absolute atomic E-state index is 10.6. The molecule has 1 rings (SSSR count). The van der Waals surface area contributed by atoms with Crippen molar-refractivity contribution in [3.8, 4) is 12.3 Å². The highest BCUT2D eigenvalue weighted by Crippen LogP contribution is 2.25. The molecule has 0 fully saturated rings. The fourth-order valence-corrected chi connectivity index (χ4v) is 1.60. The Hall–Kier alpha value is -2.06. The lowest BCUT2D eigenvalue weighted by Gasteiger charge is -2.22. The van der Waals surface area contributed by atoms with Gasteiger partial charge in [-0.2, -0.15) is 0 Å². The average molecular weight is 234 g/mol. The number of nitro groups is 1. The number of hydrogen-bond donors (Lipinski definition) is 1. The molecule has 0 spiro atoms. The lowest BCUT2D eigenvalue weighted by molar-refractivity contribution is -0.384. The van der Waals surface area contributed by atoms with E-state index < -0.39 is 4.92 Å². The Labute approximate surface area is 99.8 Å². The van der Waals surface area contributed by atoms with E-state index in [4.69, 9.17) is 6.42 Å². The molecule has 5 nitrogen and oxygen atoms in total. The van der Waals surface area contributed by atoms with Gasteiger partial charge in [-0.15, -0.1) is 6.42 Å². The van der Waals surface area contributed by atoms with Crippen molar-refractivity contribution in [1.29, 1.82) is 0 Å². The molecule has 0 heterocycles. The van der Waals surface area contributed by atoms with Gasteiger partial charge in [0, 0.05) is 29.9 Å². The molecule has 1 aromatic rings. The normalized spacial score (nSPS) is 9.71. The Morgan fingerprint density at radius 3 is 2.76 bits per heavy atom. The van der Waals surface area contributed by atoms with E-state index in [9.17, 15) is 15.2 Å². The summed E-state index contributed by atoms with van der Waals surface area (Å²) >= 11 is 0. The Morgan fingerprint density at radius 2 is 2.29 bits per heavy atom. The van der Waals surface area contributed by atoms with Crippen molar-refractivity contribution in [2.24, 2.45) is 0 Å². The summed E-state index contributed by atoms with van der Waals surface area (Å²) in [6.07, 6.45) is 5.25. The number of anilines is 1. The number of nitrogens with zero attached hydrogens (tertiary/aromatic N) is 2. The van der Waals surface area contributed by atoms with Crippen LogP contribution in [0.5, 0.6) is 0 Å². The Kier molecular flexibility index (Phi) is 4.49. The van der Waals surface area contributed by atoms with E-state index in [-0.39, 0.29) is 12.3 Å². The third-order valence-corrected chi connectivity index (χ3v) is 2.45. The van der Waals surface area contributed by atoms with Gasteiger partial charge in [0.1, 0.15) is 0 Å². The van der Waals surface area contributed by atoms with Gasteiger partial charge in [0.25, 0.3) is 5.69 Å². The van der Waals surface area contributed by atoms with Crippen molar-refractivity contribution in [2.45, 2.75) is 13.5 Å². The van der Waals surface area contributed by atoms with E-state index in [0.29, 0.717) is 18.7 Å². The molecule has 0 bridgehead atoms. The number of aliphatic hydroxyl groups excluding tert-OH is 1. The molecule has 0 aliphatic heterocycles. The largest absolute Gasteiger partial charge is 0.392 e. The zero-order valence-corrected chi connectivity index (χ0v) is 9.59. The number of hydrogen-bond acceptors (Lipinski definition) is 4.